The molecule has 0 atom stereocenters. The molecule has 0 aromatic carbocycles. The summed E-state index contributed by atoms with van der Waals surface area (Å²) in [6.45, 7) is 4.44. The smallest absolute Gasteiger partial charge is 0.237 e. The van der Waals surface area contributed by atoms with Crippen LogP contribution in [0.25, 0.3) is 0 Å². The number of carbonyl (C=O) groups is 1. The van der Waals surface area contributed by atoms with E-state index in [0.717, 1.165) is 30.0 Å². The van der Waals surface area contributed by atoms with Crippen molar-refractivity contribution in [3.63, 3.8) is 0 Å². The number of nitrogens with one attached hydrogen (secondary N) is 1. The van der Waals surface area contributed by atoms with Gasteiger partial charge >= 0.3 is 0 Å². The van der Waals surface area contributed by atoms with Crippen molar-refractivity contribution in [2.45, 2.75) is 51.5 Å². The molecule has 1 amide bonds. The van der Waals surface area contributed by atoms with Crippen molar-refractivity contribution in [1.29, 1.82) is 0 Å². The molecule has 1 aliphatic rings. The molecule has 0 bridgehead atoms. The predicted molar refractivity (Wildman–Crippen MR) is 84.5 cm³/mol. The van der Waals surface area contributed by atoms with Crippen LogP contribution in [0, 0.1) is 0 Å². The molecule has 1 saturated carbocycles. The number of aromatic nitrogens is 2. The van der Waals surface area contributed by atoms with Crippen LogP contribution in [-0.2, 0) is 4.79 Å². The van der Waals surface area contributed by atoms with Gasteiger partial charge in [-0.3, -0.25) is 4.79 Å². The zero-order valence-electron chi connectivity index (χ0n) is 13.1. The first-order valence-electron chi connectivity index (χ1n) is 7.62. The third kappa shape index (κ3) is 3.43. The van der Waals surface area contributed by atoms with Gasteiger partial charge in [-0.1, -0.05) is 26.7 Å². The van der Waals surface area contributed by atoms with E-state index in [4.69, 9.17) is 5.73 Å². The highest BCUT2D eigenvalue weighted by Gasteiger charge is 2.28. The summed E-state index contributed by atoms with van der Waals surface area (Å²) in [4.78, 5) is 22.3. The minimum atomic E-state index is -0.318. The third-order valence-corrected chi connectivity index (χ3v) is 4.04. The lowest BCUT2D eigenvalue weighted by Gasteiger charge is -2.31. The highest BCUT2D eigenvalue weighted by atomic mass is 16.1. The summed E-state index contributed by atoms with van der Waals surface area (Å²) in [5.41, 5.74) is 6.50. The lowest BCUT2D eigenvalue weighted by molar-refractivity contribution is -0.116. The molecule has 1 fully saturated rings. The second kappa shape index (κ2) is 6.74. The van der Waals surface area contributed by atoms with Crippen LogP contribution in [0.5, 0.6) is 0 Å². The second-order valence-corrected chi connectivity index (χ2v) is 5.90. The van der Waals surface area contributed by atoms with Crippen molar-refractivity contribution < 1.29 is 4.79 Å². The van der Waals surface area contributed by atoms with Gasteiger partial charge in [0, 0.05) is 18.7 Å². The van der Waals surface area contributed by atoms with Gasteiger partial charge in [0.05, 0.1) is 6.54 Å². The van der Waals surface area contributed by atoms with Crippen LogP contribution in [0.4, 0.5) is 11.6 Å². The number of amides is 1. The summed E-state index contributed by atoms with van der Waals surface area (Å²) < 4.78 is 0. The number of nitrogens with two attached hydrogens (primary N) is 1. The van der Waals surface area contributed by atoms with Gasteiger partial charge < -0.3 is 16.0 Å². The summed E-state index contributed by atoms with van der Waals surface area (Å²) in [6.07, 6.45) is 6.12. The van der Waals surface area contributed by atoms with Gasteiger partial charge in [0.1, 0.15) is 18.0 Å². The number of nitrogens with zero attached hydrogens (tertiary/aromatic N) is 3. The largest absolute Gasteiger partial charge is 0.373 e. The summed E-state index contributed by atoms with van der Waals surface area (Å²) >= 11 is 0. The normalized spacial score (nSPS) is 15.4. The Morgan fingerprint density at radius 3 is 2.62 bits per heavy atom. The molecule has 6 nitrogen and oxygen atoms in total. The first kappa shape index (κ1) is 15.5. The summed E-state index contributed by atoms with van der Waals surface area (Å²) in [5, 5.41) is 3.12. The van der Waals surface area contributed by atoms with Gasteiger partial charge in [0.25, 0.3) is 0 Å². The van der Waals surface area contributed by atoms with E-state index in [9.17, 15) is 4.79 Å². The maximum absolute atomic E-state index is 11.5. The van der Waals surface area contributed by atoms with E-state index in [1.54, 1.807) is 6.33 Å². The molecule has 1 heterocycles. The number of hydrogen-bond acceptors (Lipinski definition) is 5. The zero-order chi connectivity index (χ0) is 15.4. The topological polar surface area (TPSA) is 84.1 Å². The van der Waals surface area contributed by atoms with Crippen molar-refractivity contribution in [2.75, 3.05) is 23.8 Å². The molecule has 1 aromatic rings. The maximum Gasteiger partial charge on any atom is 0.237 e. The standard InChI is InChI=1S/C15H25N5O/c1-10(2)13-14(17-3)18-9-19-15(13)20(8-12(16)21)11-6-4-5-7-11/h9-11H,4-8H2,1-3H3,(H2,16,21)(H,17,18,19). The molecule has 0 saturated heterocycles. The van der Waals surface area contributed by atoms with E-state index < -0.39 is 0 Å². The van der Waals surface area contributed by atoms with Crippen LogP contribution >= 0.6 is 0 Å². The molecule has 21 heavy (non-hydrogen) atoms. The fourth-order valence-corrected chi connectivity index (χ4v) is 3.11. The number of rotatable bonds is 6. The SMILES string of the molecule is CNc1ncnc(N(CC(N)=O)C2CCCC2)c1C(C)C. The molecule has 3 N–H and O–H groups in total. The second-order valence-electron chi connectivity index (χ2n) is 5.90. The zero-order valence-corrected chi connectivity index (χ0v) is 13.1. The van der Waals surface area contributed by atoms with Gasteiger partial charge in [0.2, 0.25) is 5.91 Å². The molecule has 2 rings (SSSR count). The molecule has 0 spiro atoms. The van der Waals surface area contributed by atoms with Gasteiger partial charge in [0.15, 0.2) is 0 Å². The Morgan fingerprint density at radius 2 is 2.10 bits per heavy atom. The van der Waals surface area contributed by atoms with Gasteiger partial charge in [-0.2, -0.15) is 0 Å². The molecular weight excluding hydrogens is 266 g/mol. The first-order chi connectivity index (χ1) is 10.0. The Morgan fingerprint density at radius 1 is 1.43 bits per heavy atom. The first-order valence-corrected chi connectivity index (χ1v) is 7.62. The van der Waals surface area contributed by atoms with Gasteiger partial charge in [-0.15, -0.1) is 0 Å². The van der Waals surface area contributed by atoms with Crippen LogP contribution in [0.3, 0.4) is 0 Å². The highest BCUT2D eigenvalue weighted by Crippen LogP contribution is 2.34. The van der Waals surface area contributed by atoms with Crippen LogP contribution in [0.2, 0.25) is 0 Å². The van der Waals surface area contributed by atoms with E-state index in [0.29, 0.717) is 6.04 Å². The van der Waals surface area contributed by atoms with Crippen LogP contribution in [0.1, 0.15) is 51.0 Å². The average molecular weight is 291 g/mol. The molecule has 1 aromatic heterocycles. The Bertz CT molecular complexity index is 497. The van der Waals surface area contributed by atoms with Crippen molar-refractivity contribution in [3.05, 3.63) is 11.9 Å². The minimum Gasteiger partial charge on any atom is -0.373 e. The minimum absolute atomic E-state index is 0.213. The van der Waals surface area contributed by atoms with E-state index >= 15 is 0 Å². The third-order valence-electron chi connectivity index (χ3n) is 4.04. The molecule has 0 radical (unpaired) electrons. The number of primary amides is 1. The van der Waals surface area contributed by atoms with Crippen molar-refractivity contribution in [3.8, 4) is 0 Å². The number of carbonyl (C=O) groups excluding carboxylic acids is 1. The number of anilines is 2. The Kier molecular flexibility index (Phi) is 4.98. The van der Waals surface area contributed by atoms with Crippen molar-refractivity contribution >= 4 is 17.5 Å². The molecule has 6 heteroatoms. The van der Waals surface area contributed by atoms with Gasteiger partial charge in [-0.25, -0.2) is 9.97 Å². The molecule has 1 aliphatic carbocycles. The van der Waals surface area contributed by atoms with Crippen molar-refractivity contribution in [1.82, 2.24) is 9.97 Å². The van der Waals surface area contributed by atoms with E-state index in [1.165, 1.54) is 12.8 Å². The molecule has 0 unspecified atom stereocenters. The summed E-state index contributed by atoms with van der Waals surface area (Å²) in [7, 11) is 1.85. The predicted octanol–water partition coefficient (Wildman–Crippen LogP) is 1.88. The fourth-order valence-electron chi connectivity index (χ4n) is 3.11. The lowest BCUT2D eigenvalue weighted by atomic mass is 10.0. The van der Waals surface area contributed by atoms with E-state index in [1.807, 2.05) is 7.05 Å². The highest BCUT2D eigenvalue weighted by molar-refractivity contribution is 5.80. The maximum atomic E-state index is 11.5. The van der Waals surface area contributed by atoms with Crippen LogP contribution < -0.4 is 16.0 Å². The van der Waals surface area contributed by atoms with Gasteiger partial charge in [-0.05, 0) is 18.8 Å². The van der Waals surface area contributed by atoms with Crippen LogP contribution in [-0.4, -0.2) is 35.5 Å². The monoisotopic (exact) mass is 291 g/mol. The molecule has 0 aliphatic heterocycles. The average Bonchev–Trinajstić information content (AvgIpc) is 2.97. The Hall–Kier alpha value is -1.85. The van der Waals surface area contributed by atoms with E-state index in [2.05, 4.69) is 34.0 Å². The molecular formula is C15H25N5O. The quantitative estimate of drug-likeness (QED) is 0.836. The van der Waals surface area contributed by atoms with Crippen LogP contribution in [0.15, 0.2) is 6.33 Å². The molecule has 116 valence electrons. The summed E-state index contributed by atoms with van der Waals surface area (Å²) in [6, 6.07) is 0.342. The Balaban J connectivity index is 2.45. The Labute approximate surface area is 126 Å². The fraction of sp³-hybridized carbons (Fsp3) is 0.667. The van der Waals surface area contributed by atoms with E-state index in [-0.39, 0.29) is 18.4 Å². The summed E-state index contributed by atoms with van der Waals surface area (Å²) in [5.74, 6) is 1.61. The number of hydrogen-bond donors (Lipinski definition) is 2. The lowest BCUT2D eigenvalue weighted by Crippen LogP contribution is -2.41. The van der Waals surface area contributed by atoms with Crippen molar-refractivity contribution in [2.24, 2.45) is 5.73 Å².